The molecule has 4 nitrogen and oxygen atoms in total. The molecule has 0 aliphatic carbocycles. The van der Waals surface area contributed by atoms with Crippen molar-refractivity contribution < 1.29 is 10.0 Å². The van der Waals surface area contributed by atoms with Crippen LogP contribution in [0.15, 0.2) is 42.5 Å². The topological polar surface area (TPSA) is 52.6 Å². The molecule has 0 aromatic heterocycles. The number of nitrogens with zero attached hydrogens (tertiary/aromatic N) is 1. The normalized spacial score (nSPS) is 10.3. The van der Waals surface area contributed by atoms with E-state index in [0.717, 1.165) is 11.3 Å². The largest absolute Gasteiger partial charge is 0.353 e. The number of hydroxylamine groups is 2. The minimum absolute atomic E-state index is 0.141. The molecule has 110 valence electrons. The summed E-state index contributed by atoms with van der Waals surface area (Å²) in [6.45, 7) is 1.44. The summed E-state index contributed by atoms with van der Waals surface area (Å²) in [7, 11) is 0. The molecule has 0 aliphatic rings. The van der Waals surface area contributed by atoms with Crippen LogP contribution in [0, 0.1) is 0 Å². The number of hydrogen-bond acceptors (Lipinski definition) is 3. The number of hydrogen-bond donors (Lipinski definition) is 2. The quantitative estimate of drug-likeness (QED) is 0.644. The molecule has 2 aromatic rings. The fourth-order valence-electron chi connectivity index (χ4n) is 1.74. The number of amides is 1. The van der Waals surface area contributed by atoms with E-state index in [-0.39, 0.29) is 6.54 Å². The van der Waals surface area contributed by atoms with Crippen molar-refractivity contribution in [2.24, 2.45) is 0 Å². The van der Waals surface area contributed by atoms with Crippen LogP contribution in [0.2, 0.25) is 10.0 Å². The SMILES string of the molecule is CC(=O)N(O)Cc1ccc(Nc2c(Cl)cccc2Cl)cc1. The van der Waals surface area contributed by atoms with Crippen molar-refractivity contribution in [3.8, 4) is 0 Å². The van der Waals surface area contributed by atoms with Crippen LogP contribution < -0.4 is 5.32 Å². The number of nitrogens with one attached hydrogen (secondary N) is 1. The summed E-state index contributed by atoms with van der Waals surface area (Å²) in [4.78, 5) is 11.0. The van der Waals surface area contributed by atoms with E-state index in [1.54, 1.807) is 30.3 Å². The Morgan fingerprint density at radius 1 is 1.14 bits per heavy atom. The van der Waals surface area contributed by atoms with Crippen LogP contribution in [0.25, 0.3) is 0 Å². The van der Waals surface area contributed by atoms with Crippen LogP contribution >= 0.6 is 23.2 Å². The van der Waals surface area contributed by atoms with Crippen molar-refractivity contribution >= 4 is 40.5 Å². The lowest BCUT2D eigenvalue weighted by Crippen LogP contribution is -2.23. The summed E-state index contributed by atoms with van der Waals surface area (Å²) in [6, 6.07) is 12.5. The van der Waals surface area contributed by atoms with E-state index >= 15 is 0 Å². The van der Waals surface area contributed by atoms with Crippen LogP contribution in [-0.4, -0.2) is 16.2 Å². The zero-order valence-electron chi connectivity index (χ0n) is 11.3. The zero-order chi connectivity index (χ0) is 15.4. The third-order valence-electron chi connectivity index (χ3n) is 2.88. The van der Waals surface area contributed by atoms with E-state index in [1.165, 1.54) is 6.92 Å². The third kappa shape index (κ3) is 4.11. The number of anilines is 2. The van der Waals surface area contributed by atoms with Crippen molar-refractivity contribution in [3.05, 3.63) is 58.1 Å². The monoisotopic (exact) mass is 324 g/mol. The molecular weight excluding hydrogens is 311 g/mol. The highest BCUT2D eigenvalue weighted by atomic mass is 35.5. The van der Waals surface area contributed by atoms with E-state index in [0.29, 0.717) is 20.8 Å². The summed E-state index contributed by atoms with van der Waals surface area (Å²) < 4.78 is 0. The van der Waals surface area contributed by atoms with E-state index in [2.05, 4.69) is 5.32 Å². The lowest BCUT2D eigenvalue weighted by molar-refractivity contribution is -0.165. The molecule has 6 heteroatoms. The number of benzene rings is 2. The Hall–Kier alpha value is -1.75. The van der Waals surface area contributed by atoms with E-state index in [1.807, 2.05) is 12.1 Å². The van der Waals surface area contributed by atoms with E-state index in [4.69, 9.17) is 23.2 Å². The van der Waals surface area contributed by atoms with Gasteiger partial charge >= 0.3 is 0 Å². The number of halogens is 2. The lowest BCUT2D eigenvalue weighted by Gasteiger charge is -2.14. The van der Waals surface area contributed by atoms with Gasteiger partial charge < -0.3 is 5.32 Å². The van der Waals surface area contributed by atoms with Gasteiger partial charge in [-0.15, -0.1) is 0 Å². The van der Waals surface area contributed by atoms with Gasteiger partial charge in [0.1, 0.15) is 0 Å². The van der Waals surface area contributed by atoms with Gasteiger partial charge in [0, 0.05) is 12.6 Å². The van der Waals surface area contributed by atoms with E-state index < -0.39 is 5.91 Å². The van der Waals surface area contributed by atoms with Gasteiger partial charge in [-0.05, 0) is 29.8 Å². The van der Waals surface area contributed by atoms with Crippen molar-refractivity contribution in [1.82, 2.24) is 5.06 Å². The first-order valence-corrected chi connectivity index (χ1v) is 7.00. The highest BCUT2D eigenvalue weighted by molar-refractivity contribution is 6.39. The van der Waals surface area contributed by atoms with Gasteiger partial charge in [-0.2, -0.15) is 0 Å². The van der Waals surface area contributed by atoms with Crippen LogP contribution in [0.1, 0.15) is 12.5 Å². The second-order valence-electron chi connectivity index (χ2n) is 4.50. The first-order valence-electron chi connectivity index (χ1n) is 6.24. The molecule has 0 fully saturated rings. The standard InChI is InChI=1S/C15H14Cl2N2O2/c1-10(20)19(21)9-11-5-7-12(8-6-11)18-15-13(16)3-2-4-14(15)17/h2-8,18,21H,9H2,1H3. The average molecular weight is 325 g/mol. The van der Waals surface area contributed by atoms with Gasteiger partial charge in [0.15, 0.2) is 0 Å². The Labute approximate surface area is 132 Å². The minimum Gasteiger partial charge on any atom is -0.353 e. The molecule has 0 aliphatic heterocycles. The van der Waals surface area contributed by atoms with Crippen LogP contribution in [0.4, 0.5) is 11.4 Å². The molecule has 0 radical (unpaired) electrons. The van der Waals surface area contributed by atoms with Crippen LogP contribution in [-0.2, 0) is 11.3 Å². The highest BCUT2D eigenvalue weighted by Crippen LogP contribution is 2.32. The minimum atomic E-state index is -0.403. The van der Waals surface area contributed by atoms with Crippen molar-refractivity contribution in [3.63, 3.8) is 0 Å². The lowest BCUT2D eigenvalue weighted by atomic mass is 10.2. The maximum absolute atomic E-state index is 11.0. The predicted molar refractivity (Wildman–Crippen MR) is 84.2 cm³/mol. The number of carbonyl (C=O) groups is 1. The molecule has 21 heavy (non-hydrogen) atoms. The molecule has 0 spiro atoms. The maximum atomic E-state index is 11.0. The van der Waals surface area contributed by atoms with Crippen molar-refractivity contribution in [2.45, 2.75) is 13.5 Å². The van der Waals surface area contributed by atoms with E-state index in [9.17, 15) is 10.0 Å². The van der Waals surface area contributed by atoms with Gasteiger partial charge in [0.25, 0.3) is 0 Å². The Morgan fingerprint density at radius 2 is 1.71 bits per heavy atom. The molecule has 0 saturated heterocycles. The van der Waals surface area contributed by atoms with Crippen LogP contribution in [0.5, 0.6) is 0 Å². The molecule has 0 atom stereocenters. The average Bonchev–Trinajstić information content (AvgIpc) is 2.44. The number of carbonyl (C=O) groups excluding carboxylic acids is 1. The first kappa shape index (κ1) is 15.6. The maximum Gasteiger partial charge on any atom is 0.243 e. The second-order valence-corrected chi connectivity index (χ2v) is 5.31. The van der Waals surface area contributed by atoms with Gasteiger partial charge in [0.05, 0.1) is 22.3 Å². The van der Waals surface area contributed by atoms with Crippen molar-refractivity contribution in [2.75, 3.05) is 5.32 Å². The van der Waals surface area contributed by atoms with Crippen molar-refractivity contribution in [1.29, 1.82) is 0 Å². The van der Waals surface area contributed by atoms with Gasteiger partial charge in [-0.1, -0.05) is 41.4 Å². The first-order chi connectivity index (χ1) is 9.97. The molecular formula is C15H14Cl2N2O2. The second kappa shape index (κ2) is 6.80. The molecule has 2 rings (SSSR count). The Morgan fingerprint density at radius 3 is 2.24 bits per heavy atom. The smallest absolute Gasteiger partial charge is 0.243 e. The Kier molecular flexibility index (Phi) is 5.07. The predicted octanol–water partition coefficient (Wildman–Crippen LogP) is 4.47. The molecule has 2 aromatic carbocycles. The summed E-state index contributed by atoms with van der Waals surface area (Å²) in [6.07, 6.45) is 0. The summed E-state index contributed by atoms with van der Waals surface area (Å²) in [5, 5.41) is 14.3. The molecule has 0 bridgehead atoms. The molecule has 0 unspecified atom stereocenters. The van der Waals surface area contributed by atoms with Crippen LogP contribution in [0.3, 0.4) is 0 Å². The molecule has 2 N–H and O–H groups in total. The fourth-order valence-corrected chi connectivity index (χ4v) is 2.23. The molecule has 0 saturated carbocycles. The summed E-state index contributed by atoms with van der Waals surface area (Å²) in [5.74, 6) is -0.403. The fraction of sp³-hybridized carbons (Fsp3) is 0.133. The van der Waals surface area contributed by atoms with Gasteiger partial charge in [0.2, 0.25) is 5.91 Å². The number of rotatable bonds is 4. The Balaban J connectivity index is 2.11. The summed E-state index contributed by atoms with van der Waals surface area (Å²) >= 11 is 12.2. The van der Waals surface area contributed by atoms with Gasteiger partial charge in [-0.3, -0.25) is 10.0 Å². The third-order valence-corrected chi connectivity index (χ3v) is 3.51. The number of para-hydroxylation sites is 1. The summed E-state index contributed by atoms with van der Waals surface area (Å²) in [5.41, 5.74) is 2.26. The molecule has 0 heterocycles. The highest BCUT2D eigenvalue weighted by Gasteiger charge is 2.07. The molecule has 1 amide bonds. The zero-order valence-corrected chi connectivity index (χ0v) is 12.8. The van der Waals surface area contributed by atoms with Gasteiger partial charge in [-0.25, -0.2) is 5.06 Å². The Bertz CT molecular complexity index is 624.